The number of ether oxygens (including phenoxy) is 1. The summed E-state index contributed by atoms with van der Waals surface area (Å²) >= 11 is 5.36. The van der Waals surface area contributed by atoms with Gasteiger partial charge in [-0.15, -0.1) is 0 Å². The summed E-state index contributed by atoms with van der Waals surface area (Å²) in [6.07, 6.45) is 1.15. The standard InChI is InChI=1S/C4H5ClO2/c5-3-1-2-4(6)7-3/h3H,1-2H2. The summed E-state index contributed by atoms with van der Waals surface area (Å²) in [5.74, 6) is -0.181. The van der Waals surface area contributed by atoms with E-state index in [0.717, 1.165) is 0 Å². The molecule has 1 saturated heterocycles. The molecule has 0 aliphatic carbocycles. The van der Waals surface area contributed by atoms with E-state index >= 15 is 0 Å². The quantitative estimate of drug-likeness (QED) is 0.351. The Balaban J connectivity index is 2.40. The summed E-state index contributed by atoms with van der Waals surface area (Å²) in [4.78, 5) is 10.1. The number of halogens is 1. The summed E-state index contributed by atoms with van der Waals surface area (Å²) in [6, 6.07) is 0. The molecule has 7 heavy (non-hydrogen) atoms. The van der Waals surface area contributed by atoms with E-state index in [9.17, 15) is 4.79 Å². The van der Waals surface area contributed by atoms with Crippen molar-refractivity contribution in [1.29, 1.82) is 0 Å². The largest absolute Gasteiger partial charge is 0.446 e. The molecule has 1 fully saturated rings. The number of cyclic esters (lactones) is 1. The summed E-state index contributed by atoms with van der Waals surface area (Å²) in [7, 11) is 0. The maximum Gasteiger partial charge on any atom is 0.307 e. The Morgan fingerprint density at radius 2 is 2.57 bits per heavy atom. The molecule has 0 amide bonds. The maximum absolute atomic E-state index is 10.1. The van der Waals surface area contributed by atoms with Crippen LogP contribution >= 0.6 is 11.6 Å². The lowest BCUT2D eigenvalue weighted by molar-refractivity contribution is -0.139. The predicted octanol–water partition coefficient (Wildman–Crippen LogP) is 0.888. The third kappa shape index (κ3) is 1.06. The molecule has 40 valence electrons. The molecule has 3 heteroatoms. The van der Waals surface area contributed by atoms with Gasteiger partial charge in [0, 0.05) is 6.42 Å². The van der Waals surface area contributed by atoms with Crippen LogP contribution in [0, 0.1) is 0 Å². The van der Waals surface area contributed by atoms with Gasteiger partial charge in [-0.1, -0.05) is 11.6 Å². The summed E-state index contributed by atoms with van der Waals surface area (Å²) in [6.45, 7) is 0. The van der Waals surface area contributed by atoms with Crippen LogP contribution in [0.2, 0.25) is 0 Å². The monoisotopic (exact) mass is 120 g/mol. The average molecular weight is 121 g/mol. The lowest BCUT2D eigenvalue weighted by Crippen LogP contribution is -1.95. The number of esters is 1. The highest BCUT2D eigenvalue weighted by atomic mass is 35.5. The van der Waals surface area contributed by atoms with Crippen molar-refractivity contribution in [1.82, 2.24) is 0 Å². The van der Waals surface area contributed by atoms with Gasteiger partial charge in [-0.3, -0.25) is 4.79 Å². The van der Waals surface area contributed by atoms with E-state index < -0.39 is 0 Å². The van der Waals surface area contributed by atoms with Crippen LogP contribution in [0.15, 0.2) is 0 Å². The maximum atomic E-state index is 10.1. The molecular formula is C4H5ClO2. The summed E-state index contributed by atoms with van der Waals surface area (Å²) in [5.41, 5.74) is -0.354. The number of rotatable bonds is 0. The lowest BCUT2D eigenvalue weighted by atomic mass is 10.4. The van der Waals surface area contributed by atoms with Gasteiger partial charge in [0.25, 0.3) is 0 Å². The zero-order valence-electron chi connectivity index (χ0n) is 3.69. The van der Waals surface area contributed by atoms with Crippen LogP contribution in [0.3, 0.4) is 0 Å². The fraction of sp³-hybridized carbons (Fsp3) is 0.750. The fourth-order valence-corrected chi connectivity index (χ4v) is 0.700. The van der Waals surface area contributed by atoms with Crippen molar-refractivity contribution >= 4 is 17.6 Å². The molecule has 2 nitrogen and oxygen atoms in total. The van der Waals surface area contributed by atoms with Crippen LogP contribution in [0.25, 0.3) is 0 Å². The van der Waals surface area contributed by atoms with Crippen molar-refractivity contribution in [3.8, 4) is 0 Å². The van der Waals surface area contributed by atoms with Gasteiger partial charge in [0.2, 0.25) is 0 Å². The minimum atomic E-state index is -0.354. The van der Waals surface area contributed by atoms with Crippen molar-refractivity contribution in [3.63, 3.8) is 0 Å². The Bertz CT molecular complexity index is 91.7. The van der Waals surface area contributed by atoms with Crippen LogP contribution in [-0.4, -0.2) is 11.5 Å². The number of carbonyl (C=O) groups excluding carboxylic acids is 1. The van der Waals surface area contributed by atoms with Gasteiger partial charge in [-0.25, -0.2) is 0 Å². The number of carbonyl (C=O) groups is 1. The number of hydrogen-bond acceptors (Lipinski definition) is 2. The minimum Gasteiger partial charge on any atom is -0.446 e. The minimum absolute atomic E-state index is 0.181. The van der Waals surface area contributed by atoms with Gasteiger partial charge < -0.3 is 4.74 Å². The third-order valence-electron chi connectivity index (χ3n) is 0.835. The number of hydrogen-bond donors (Lipinski definition) is 0. The van der Waals surface area contributed by atoms with Gasteiger partial charge in [0.05, 0.1) is 6.42 Å². The highest BCUT2D eigenvalue weighted by molar-refractivity contribution is 6.20. The Labute approximate surface area is 46.4 Å². The molecule has 0 N–H and O–H groups in total. The van der Waals surface area contributed by atoms with E-state index in [1.807, 2.05) is 0 Å². The van der Waals surface area contributed by atoms with E-state index in [-0.39, 0.29) is 11.5 Å². The topological polar surface area (TPSA) is 26.3 Å². The Hall–Kier alpha value is -0.240. The molecule has 1 atom stereocenters. The van der Waals surface area contributed by atoms with E-state index in [0.29, 0.717) is 12.8 Å². The van der Waals surface area contributed by atoms with Gasteiger partial charge >= 0.3 is 5.97 Å². The average Bonchev–Trinajstić information content (AvgIpc) is 1.87. The molecule has 1 heterocycles. The van der Waals surface area contributed by atoms with Crippen LogP contribution in [0.5, 0.6) is 0 Å². The smallest absolute Gasteiger partial charge is 0.307 e. The first-order valence-electron chi connectivity index (χ1n) is 2.12. The molecule has 0 saturated carbocycles. The fourth-order valence-electron chi connectivity index (χ4n) is 0.492. The van der Waals surface area contributed by atoms with Gasteiger partial charge in [-0.05, 0) is 0 Å². The molecular weight excluding hydrogens is 115 g/mol. The van der Waals surface area contributed by atoms with Crippen molar-refractivity contribution < 1.29 is 9.53 Å². The van der Waals surface area contributed by atoms with E-state index in [1.165, 1.54) is 0 Å². The molecule has 0 spiro atoms. The van der Waals surface area contributed by atoms with Gasteiger partial charge in [0.15, 0.2) is 5.56 Å². The molecule has 0 bridgehead atoms. The van der Waals surface area contributed by atoms with E-state index in [1.54, 1.807) is 0 Å². The summed E-state index contributed by atoms with van der Waals surface area (Å²) in [5, 5.41) is 0. The molecule has 1 aliphatic rings. The first kappa shape index (κ1) is 4.91. The van der Waals surface area contributed by atoms with Gasteiger partial charge in [0.1, 0.15) is 0 Å². The summed E-state index contributed by atoms with van der Waals surface area (Å²) < 4.78 is 4.49. The van der Waals surface area contributed by atoms with Crippen molar-refractivity contribution in [3.05, 3.63) is 0 Å². The third-order valence-corrected chi connectivity index (χ3v) is 1.14. The lowest BCUT2D eigenvalue weighted by Gasteiger charge is -1.92. The predicted molar refractivity (Wildman–Crippen MR) is 25.0 cm³/mol. The van der Waals surface area contributed by atoms with Crippen molar-refractivity contribution in [2.75, 3.05) is 0 Å². The second kappa shape index (κ2) is 1.70. The Morgan fingerprint density at radius 3 is 2.71 bits per heavy atom. The molecule has 1 rings (SSSR count). The van der Waals surface area contributed by atoms with Crippen LogP contribution in [0.4, 0.5) is 0 Å². The highest BCUT2D eigenvalue weighted by Crippen LogP contribution is 2.15. The molecule has 0 radical (unpaired) electrons. The normalized spacial score (nSPS) is 30.4. The van der Waals surface area contributed by atoms with Crippen LogP contribution < -0.4 is 0 Å². The van der Waals surface area contributed by atoms with Crippen LogP contribution in [-0.2, 0) is 9.53 Å². The molecule has 0 aromatic carbocycles. The Morgan fingerprint density at radius 1 is 1.86 bits per heavy atom. The second-order valence-electron chi connectivity index (χ2n) is 1.44. The van der Waals surface area contributed by atoms with Gasteiger partial charge in [-0.2, -0.15) is 0 Å². The van der Waals surface area contributed by atoms with E-state index in [2.05, 4.69) is 4.74 Å². The zero-order chi connectivity index (χ0) is 5.28. The number of alkyl halides is 1. The zero-order valence-corrected chi connectivity index (χ0v) is 4.44. The first-order valence-corrected chi connectivity index (χ1v) is 2.56. The molecule has 1 unspecified atom stereocenters. The van der Waals surface area contributed by atoms with E-state index in [4.69, 9.17) is 11.6 Å². The highest BCUT2D eigenvalue weighted by Gasteiger charge is 2.19. The first-order chi connectivity index (χ1) is 3.29. The Kier molecular flexibility index (Phi) is 1.19. The molecule has 0 aromatic rings. The van der Waals surface area contributed by atoms with Crippen molar-refractivity contribution in [2.24, 2.45) is 0 Å². The van der Waals surface area contributed by atoms with Crippen LogP contribution in [0.1, 0.15) is 12.8 Å². The van der Waals surface area contributed by atoms with Crippen molar-refractivity contribution in [2.45, 2.75) is 18.4 Å². The molecule has 0 aromatic heterocycles. The molecule has 1 aliphatic heterocycles. The SMILES string of the molecule is O=C1CCC(Cl)O1. The second-order valence-corrected chi connectivity index (χ2v) is 1.93.